The van der Waals surface area contributed by atoms with Gasteiger partial charge in [-0.25, -0.2) is 4.39 Å². The molecule has 0 aliphatic rings. The Hall–Kier alpha value is -1.93. The van der Waals surface area contributed by atoms with Crippen LogP contribution in [0.15, 0.2) is 18.2 Å². The van der Waals surface area contributed by atoms with Gasteiger partial charge in [-0.2, -0.15) is 5.26 Å². The van der Waals surface area contributed by atoms with E-state index in [4.69, 9.17) is 10.4 Å². The monoisotopic (exact) mass is 222 g/mol. The first-order chi connectivity index (χ1) is 7.63. The lowest BCUT2D eigenvalue weighted by Gasteiger charge is -2.03. The van der Waals surface area contributed by atoms with Crippen LogP contribution in [0.1, 0.15) is 17.5 Å². The zero-order valence-electron chi connectivity index (χ0n) is 8.53. The summed E-state index contributed by atoms with van der Waals surface area (Å²) in [5.74, 6) is -1.42. The Kier molecular flexibility index (Phi) is 4.42. The van der Waals surface area contributed by atoms with Gasteiger partial charge in [0.25, 0.3) is 0 Å². The molecule has 1 aromatic carbocycles. The molecule has 2 N–H and O–H groups in total. The van der Waals surface area contributed by atoms with E-state index in [2.05, 4.69) is 5.32 Å². The standard InChI is InChI=1S/C11H11FN2O2/c12-10-2-1-8(5-9(10)6-13)7-14-4-3-11(15)16/h1-2,5,14H,3-4,7H2,(H,15,16). The van der Waals surface area contributed by atoms with E-state index in [1.54, 1.807) is 12.1 Å². The molecule has 0 atom stereocenters. The normalized spacial score (nSPS) is 9.75. The number of rotatable bonds is 5. The van der Waals surface area contributed by atoms with Crippen LogP contribution in [-0.2, 0) is 11.3 Å². The lowest BCUT2D eigenvalue weighted by Crippen LogP contribution is -2.17. The first-order valence-electron chi connectivity index (χ1n) is 4.74. The molecule has 0 bridgehead atoms. The lowest BCUT2D eigenvalue weighted by molar-refractivity contribution is -0.136. The van der Waals surface area contributed by atoms with Crippen molar-refractivity contribution in [2.45, 2.75) is 13.0 Å². The average Bonchev–Trinajstić information content (AvgIpc) is 2.26. The third-order valence-electron chi connectivity index (χ3n) is 2.00. The highest BCUT2D eigenvalue weighted by atomic mass is 19.1. The van der Waals surface area contributed by atoms with E-state index in [0.29, 0.717) is 13.1 Å². The Bertz CT molecular complexity index is 426. The van der Waals surface area contributed by atoms with Gasteiger partial charge in [0.1, 0.15) is 11.9 Å². The number of benzene rings is 1. The van der Waals surface area contributed by atoms with Gasteiger partial charge >= 0.3 is 5.97 Å². The fourth-order valence-electron chi connectivity index (χ4n) is 1.20. The Morgan fingerprint density at radius 3 is 2.94 bits per heavy atom. The molecule has 0 unspecified atom stereocenters. The fourth-order valence-corrected chi connectivity index (χ4v) is 1.20. The number of carboxylic acids is 1. The number of nitrogens with one attached hydrogen (secondary N) is 1. The smallest absolute Gasteiger partial charge is 0.304 e. The molecule has 0 aliphatic carbocycles. The van der Waals surface area contributed by atoms with E-state index < -0.39 is 11.8 Å². The van der Waals surface area contributed by atoms with E-state index in [-0.39, 0.29) is 12.0 Å². The Morgan fingerprint density at radius 1 is 1.56 bits per heavy atom. The van der Waals surface area contributed by atoms with E-state index in [9.17, 15) is 9.18 Å². The molecule has 0 amide bonds. The van der Waals surface area contributed by atoms with Crippen LogP contribution in [0.25, 0.3) is 0 Å². The van der Waals surface area contributed by atoms with Crippen LogP contribution in [0.2, 0.25) is 0 Å². The molecule has 0 saturated carbocycles. The minimum Gasteiger partial charge on any atom is -0.481 e. The second-order valence-corrected chi connectivity index (χ2v) is 3.25. The second-order valence-electron chi connectivity index (χ2n) is 3.25. The van der Waals surface area contributed by atoms with Gasteiger partial charge in [-0.3, -0.25) is 4.79 Å². The minimum atomic E-state index is -0.871. The van der Waals surface area contributed by atoms with Crippen molar-refractivity contribution >= 4 is 5.97 Å². The van der Waals surface area contributed by atoms with E-state index in [0.717, 1.165) is 5.56 Å². The van der Waals surface area contributed by atoms with Crippen LogP contribution in [0.3, 0.4) is 0 Å². The zero-order valence-corrected chi connectivity index (χ0v) is 8.53. The van der Waals surface area contributed by atoms with E-state index >= 15 is 0 Å². The number of nitriles is 1. The predicted molar refractivity (Wildman–Crippen MR) is 55.1 cm³/mol. The molecule has 1 aromatic rings. The van der Waals surface area contributed by atoms with Gasteiger partial charge in [-0.15, -0.1) is 0 Å². The summed E-state index contributed by atoms with van der Waals surface area (Å²) in [6.07, 6.45) is 0.0340. The van der Waals surface area contributed by atoms with Crippen LogP contribution in [0, 0.1) is 17.1 Å². The van der Waals surface area contributed by atoms with Gasteiger partial charge in [0, 0.05) is 13.1 Å². The summed E-state index contributed by atoms with van der Waals surface area (Å²) in [5.41, 5.74) is 0.751. The van der Waals surface area contributed by atoms with E-state index in [1.165, 1.54) is 12.1 Å². The van der Waals surface area contributed by atoms with Gasteiger partial charge < -0.3 is 10.4 Å². The number of halogens is 1. The SMILES string of the molecule is N#Cc1cc(CNCCC(=O)O)ccc1F. The number of nitrogens with zero attached hydrogens (tertiary/aromatic N) is 1. The Morgan fingerprint density at radius 2 is 2.31 bits per heavy atom. The number of carboxylic acid groups (broad SMARTS) is 1. The summed E-state index contributed by atoms with van der Waals surface area (Å²) in [6, 6.07) is 5.98. The Balaban J connectivity index is 2.49. The van der Waals surface area contributed by atoms with Gasteiger partial charge in [0.2, 0.25) is 0 Å². The minimum absolute atomic E-state index is 0.00228. The van der Waals surface area contributed by atoms with Crippen molar-refractivity contribution in [3.05, 3.63) is 35.1 Å². The largest absolute Gasteiger partial charge is 0.481 e. The first kappa shape index (κ1) is 12.1. The third-order valence-corrected chi connectivity index (χ3v) is 2.00. The molecule has 0 radical (unpaired) electrons. The van der Waals surface area contributed by atoms with Crippen molar-refractivity contribution in [2.75, 3.05) is 6.54 Å². The molecule has 0 aliphatic heterocycles. The number of hydrogen-bond acceptors (Lipinski definition) is 3. The van der Waals surface area contributed by atoms with Crippen LogP contribution < -0.4 is 5.32 Å². The van der Waals surface area contributed by atoms with Gasteiger partial charge in [-0.05, 0) is 17.7 Å². The van der Waals surface area contributed by atoms with Crippen molar-refractivity contribution in [3.63, 3.8) is 0 Å². The highest BCUT2D eigenvalue weighted by Crippen LogP contribution is 2.09. The maximum atomic E-state index is 12.9. The molecule has 5 heteroatoms. The summed E-state index contributed by atoms with van der Waals surface area (Å²) < 4.78 is 12.9. The van der Waals surface area contributed by atoms with Crippen molar-refractivity contribution < 1.29 is 14.3 Å². The molecule has 0 heterocycles. The highest BCUT2D eigenvalue weighted by molar-refractivity contribution is 5.66. The van der Waals surface area contributed by atoms with Crippen LogP contribution in [-0.4, -0.2) is 17.6 Å². The lowest BCUT2D eigenvalue weighted by atomic mass is 10.1. The quantitative estimate of drug-likeness (QED) is 0.735. The van der Waals surface area contributed by atoms with Gasteiger partial charge in [-0.1, -0.05) is 6.07 Å². The maximum Gasteiger partial charge on any atom is 0.304 e. The van der Waals surface area contributed by atoms with Crippen molar-refractivity contribution in [1.82, 2.24) is 5.32 Å². The van der Waals surface area contributed by atoms with Crippen LogP contribution in [0.4, 0.5) is 4.39 Å². The summed E-state index contributed by atoms with van der Waals surface area (Å²) in [5, 5.41) is 19.9. The molecule has 0 saturated heterocycles. The maximum absolute atomic E-state index is 12.9. The number of hydrogen-bond donors (Lipinski definition) is 2. The molecule has 84 valence electrons. The third kappa shape index (κ3) is 3.67. The zero-order chi connectivity index (χ0) is 12.0. The van der Waals surface area contributed by atoms with Gasteiger partial charge in [0.05, 0.1) is 12.0 Å². The predicted octanol–water partition coefficient (Wildman–Crippen LogP) is 1.26. The highest BCUT2D eigenvalue weighted by Gasteiger charge is 2.02. The van der Waals surface area contributed by atoms with Crippen molar-refractivity contribution in [3.8, 4) is 6.07 Å². The summed E-state index contributed by atoms with van der Waals surface area (Å²) >= 11 is 0. The summed E-state index contributed by atoms with van der Waals surface area (Å²) in [7, 11) is 0. The van der Waals surface area contributed by atoms with Crippen molar-refractivity contribution in [2.24, 2.45) is 0 Å². The van der Waals surface area contributed by atoms with Gasteiger partial charge in [0.15, 0.2) is 0 Å². The topological polar surface area (TPSA) is 73.1 Å². The summed E-state index contributed by atoms with van der Waals surface area (Å²) in [6.45, 7) is 0.761. The molecule has 0 aromatic heterocycles. The molecule has 4 nitrogen and oxygen atoms in total. The number of carbonyl (C=O) groups is 1. The molecule has 0 spiro atoms. The molecule has 16 heavy (non-hydrogen) atoms. The van der Waals surface area contributed by atoms with E-state index in [1.807, 2.05) is 0 Å². The number of aliphatic carboxylic acids is 1. The fraction of sp³-hybridized carbons (Fsp3) is 0.273. The average molecular weight is 222 g/mol. The van der Waals surface area contributed by atoms with Crippen LogP contribution in [0.5, 0.6) is 0 Å². The first-order valence-corrected chi connectivity index (χ1v) is 4.74. The molecular formula is C11H11FN2O2. The van der Waals surface area contributed by atoms with Crippen molar-refractivity contribution in [1.29, 1.82) is 5.26 Å². The molecular weight excluding hydrogens is 211 g/mol. The van der Waals surface area contributed by atoms with Crippen LogP contribution >= 0.6 is 0 Å². The second kappa shape index (κ2) is 5.83. The summed E-state index contributed by atoms with van der Waals surface area (Å²) in [4.78, 5) is 10.2. The molecule has 0 fully saturated rings. The molecule has 1 rings (SSSR count). The Labute approximate surface area is 92.3 Å².